The molecular weight excluding hydrogens is 286 g/mol. The first-order valence-corrected chi connectivity index (χ1v) is 6.81. The molecule has 1 amide bonds. The maximum Gasteiger partial charge on any atom is 0.234 e. The fraction of sp³-hybridized carbons (Fsp3) is 0.167. The van der Waals surface area contributed by atoms with Gasteiger partial charge < -0.3 is 15.0 Å². The van der Waals surface area contributed by atoms with Gasteiger partial charge in [0.05, 0.1) is 11.4 Å². The Bertz CT molecular complexity index is 600. The first-order valence-electron chi connectivity index (χ1n) is 5.45. The summed E-state index contributed by atoms with van der Waals surface area (Å²) in [5.41, 5.74) is 0.304. The van der Waals surface area contributed by atoms with Gasteiger partial charge in [-0.1, -0.05) is 23.4 Å². The molecule has 0 spiro atoms. The lowest BCUT2D eigenvalue weighted by molar-refractivity contribution is -0.113. The van der Waals surface area contributed by atoms with E-state index in [1.54, 1.807) is 12.3 Å². The number of phenolic OH excluding ortho intramolecular Hbond substituents is 1. The number of phenols is 1. The quantitative estimate of drug-likeness (QED) is 0.672. The Balaban J connectivity index is 1.94. The Morgan fingerprint density at radius 2 is 2.37 bits per heavy atom. The van der Waals surface area contributed by atoms with Crippen molar-refractivity contribution in [3.63, 3.8) is 0 Å². The van der Waals surface area contributed by atoms with Crippen LogP contribution in [0.5, 0.6) is 5.75 Å². The van der Waals surface area contributed by atoms with Crippen molar-refractivity contribution in [1.82, 2.24) is 9.55 Å². The molecule has 0 aliphatic carbocycles. The molecule has 100 valence electrons. The molecule has 2 rings (SSSR count). The smallest absolute Gasteiger partial charge is 0.234 e. The molecule has 2 aromatic rings. The van der Waals surface area contributed by atoms with Crippen molar-refractivity contribution in [2.45, 2.75) is 5.16 Å². The SMILES string of the molecule is Cn1ccnc1SCC(=O)Nc1cc(Cl)ccc1O. The number of halogens is 1. The average molecular weight is 298 g/mol. The molecule has 0 aliphatic heterocycles. The van der Waals surface area contributed by atoms with Crippen LogP contribution >= 0.6 is 23.4 Å². The third kappa shape index (κ3) is 3.65. The summed E-state index contributed by atoms with van der Waals surface area (Å²) < 4.78 is 1.83. The van der Waals surface area contributed by atoms with E-state index < -0.39 is 0 Å². The van der Waals surface area contributed by atoms with Crippen LogP contribution in [0, 0.1) is 0 Å². The Hall–Kier alpha value is -1.66. The number of anilines is 1. The van der Waals surface area contributed by atoms with Crippen LogP contribution < -0.4 is 5.32 Å². The fourth-order valence-electron chi connectivity index (χ4n) is 1.42. The standard InChI is InChI=1S/C12H12ClN3O2S/c1-16-5-4-14-12(16)19-7-11(18)15-9-6-8(13)2-3-10(9)17/h2-6,17H,7H2,1H3,(H,15,18). The number of carbonyl (C=O) groups is 1. The van der Waals surface area contributed by atoms with Gasteiger partial charge in [0.1, 0.15) is 5.75 Å². The number of hydrogen-bond acceptors (Lipinski definition) is 4. The van der Waals surface area contributed by atoms with Crippen molar-refractivity contribution in [1.29, 1.82) is 0 Å². The van der Waals surface area contributed by atoms with E-state index in [1.165, 1.54) is 23.9 Å². The predicted molar refractivity (Wildman–Crippen MR) is 75.7 cm³/mol. The van der Waals surface area contributed by atoms with Gasteiger partial charge in [0.25, 0.3) is 0 Å². The lowest BCUT2D eigenvalue weighted by Gasteiger charge is -2.07. The number of nitrogens with zero attached hydrogens (tertiary/aromatic N) is 2. The largest absolute Gasteiger partial charge is 0.506 e. The van der Waals surface area contributed by atoms with Crippen LogP contribution in [0.3, 0.4) is 0 Å². The number of thioether (sulfide) groups is 1. The van der Waals surface area contributed by atoms with E-state index in [2.05, 4.69) is 10.3 Å². The lowest BCUT2D eigenvalue weighted by atomic mass is 10.3. The monoisotopic (exact) mass is 297 g/mol. The van der Waals surface area contributed by atoms with Gasteiger partial charge in [-0.05, 0) is 18.2 Å². The van der Waals surface area contributed by atoms with Crippen LogP contribution in [-0.2, 0) is 11.8 Å². The first-order chi connectivity index (χ1) is 9.06. The molecule has 0 saturated carbocycles. The highest BCUT2D eigenvalue weighted by molar-refractivity contribution is 7.99. The summed E-state index contributed by atoms with van der Waals surface area (Å²) in [6, 6.07) is 4.49. The summed E-state index contributed by atoms with van der Waals surface area (Å²) in [5, 5.41) is 13.4. The average Bonchev–Trinajstić information content (AvgIpc) is 2.77. The summed E-state index contributed by atoms with van der Waals surface area (Å²) in [7, 11) is 1.86. The number of carbonyl (C=O) groups excluding carboxylic acids is 1. The molecule has 0 aliphatic rings. The van der Waals surface area contributed by atoms with Crippen molar-refractivity contribution in [3.05, 3.63) is 35.6 Å². The van der Waals surface area contributed by atoms with Gasteiger partial charge in [0.15, 0.2) is 5.16 Å². The molecule has 0 fully saturated rings. The van der Waals surface area contributed by atoms with Crippen molar-refractivity contribution in [2.24, 2.45) is 7.05 Å². The first kappa shape index (κ1) is 13.8. The second-order valence-corrected chi connectivity index (χ2v) is 5.20. The van der Waals surface area contributed by atoms with Gasteiger partial charge in [0.2, 0.25) is 5.91 Å². The second kappa shape index (κ2) is 5.99. The van der Waals surface area contributed by atoms with E-state index >= 15 is 0 Å². The minimum absolute atomic E-state index is 0.0141. The summed E-state index contributed by atoms with van der Waals surface area (Å²) in [6.07, 6.45) is 3.48. The van der Waals surface area contributed by atoms with E-state index in [0.717, 1.165) is 5.16 Å². The maximum absolute atomic E-state index is 11.8. The molecule has 1 heterocycles. The topological polar surface area (TPSA) is 67.2 Å². The number of rotatable bonds is 4. The summed E-state index contributed by atoms with van der Waals surface area (Å²) in [6.45, 7) is 0. The Labute approximate surface area is 119 Å². The Morgan fingerprint density at radius 1 is 1.58 bits per heavy atom. The number of aromatic nitrogens is 2. The zero-order valence-electron chi connectivity index (χ0n) is 10.1. The van der Waals surface area contributed by atoms with Gasteiger partial charge in [-0.15, -0.1) is 0 Å². The number of aryl methyl sites for hydroxylation is 1. The predicted octanol–water partition coefficient (Wildman–Crippen LogP) is 2.51. The van der Waals surface area contributed by atoms with Gasteiger partial charge in [-0.2, -0.15) is 0 Å². The van der Waals surface area contributed by atoms with Gasteiger partial charge in [0, 0.05) is 24.5 Å². The number of hydrogen-bond donors (Lipinski definition) is 2. The minimum Gasteiger partial charge on any atom is -0.506 e. The molecule has 7 heteroatoms. The highest BCUT2D eigenvalue weighted by Gasteiger charge is 2.09. The molecule has 2 N–H and O–H groups in total. The molecule has 0 unspecified atom stereocenters. The van der Waals surface area contributed by atoms with Crippen molar-refractivity contribution in [2.75, 3.05) is 11.1 Å². The van der Waals surface area contributed by atoms with E-state index in [9.17, 15) is 9.90 Å². The molecule has 5 nitrogen and oxygen atoms in total. The lowest BCUT2D eigenvalue weighted by Crippen LogP contribution is -2.14. The fourth-order valence-corrected chi connectivity index (χ4v) is 2.32. The molecule has 0 radical (unpaired) electrons. The second-order valence-electron chi connectivity index (χ2n) is 3.82. The molecule has 19 heavy (non-hydrogen) atoms. The number of amides is 1. The van der Waals surface area contributed by atoms with Crippen LogP contribution in [0.25, 0.3) is 0 Å². The van der Waals surface area contributed by atoms with E-state index in [-0.39, 0.29) is 17.4 Å². The summed E-state index contributed by atoms with van der Waals surface area (Å²) in [5.74, 6) is -0.0399. The van der Waals surface area contributed by atoms with Crippen LogP contribution in [0.2, 0.25) is 5.02 Å². The van der Waals surface area contributed by atoms with Gasteiger partial charge in [-0.25, -0.2) is 4.98 Å². The highest BCUT2D eigenvalue weighted by atomic mass is 35.5. The molecule has 1 aromatic carbocycles. The van der Waals surface area contributed by atoms with E-state index in [4.69, 9.17) is 11.6 Å². The Morgan fingerprint density at radius 3 is 3.05 bits per heavy atom. The third-order valence-electron chi connectivity index (χ3n) is 2.34. The Kier molecular flexibility index (Phi) is 4.34. The van der Waals surface area contributed by atoms with Gasteiger partial charge in [-0.3, -0.25) is 4.79 Å². The van der Waals surface area contributed by atoms with E-state index in [0.29, 0.717) is 10.7 Å². The molecule has 0 saturated heterocycles. The number of imidazole rings is 1. The van der Waals surface area contributed by atoms with Crippen LogP contribution in [0.1, 0.15) is 0 Å². The molecule has 0 bridgehead atoms. The van der Waals surface area contributed by atoms with Crippen LogP contribution in [-0.4, -0.2) is 26.3 Å². The zero-order valence-corrected chi connectivity index (χ0v) is 11.7. The maximum atomic E-state index is 11.8. The number of aromatic hydroxyl groups is 1. The van der Waals surface area contributed by atoms with Gasteiger partial charge >= 0.3 is 0 Å². The molecular formula is C12H12ClN3O2S. The molecule has 1 aromatic heterocycles. The van der Waals surface area contributed by atoms with Crippen LogP contribution in [0.4, 0.5) is 5.69 Å². The third-order valence-corrected chi connectivity index (χ3v) is 3.64. The summed E-state index contributed by atoms with van der Waals surface area (Å²) in [4.78, 5) is 15.9. The highest BCUT2D eigenvalue weighted by Crippen LogP contribution is 2.26. The van der Waals surface area contributed by atoms with E-state index in [1.807, 2.05) is 17.8 Å². The molecule has 0 atom stereocenters. The van der Waals surface area contributed by atoms with Crippen molar-refractivity contribution < 1.29 is 9.90 Å². The zero-order chi connectivity index (χ0) is 13.8. The number of benzene rings is 1. The van der Waals surface area contributed by atoms with Crippen molar-refractivity contribution >= 4 is 35.0 Å². The minimum atomic E-state index is -0.231. The van der Waals surface area contributed by atoms with Crippen molar-refractivity contribution in [3.8, 4) is 5.75 Å². The summed E-state index contributed by atoms with van der Waals surface area (Å²) >= 11 is 7.11. The normalized spacial score (nSPS) is 10.4. The number of nitrogens with one attached hydrogen (secondary N) is 1. The van der Waals surface area contributed by atoms with Crippen LogP contribution in [0.15, 0.2) is 35.7 Å².